The molecule has 0 saturated carbocycles. The number of halogens is 3. The van der Waals surface area contributed by atoms with Crippen LogP contribution < -0.4 is 15.2 Å². The Morgan fingerprint density at radius 1 is 1.24 bits per heavy atom. The van der Waals surface area contributed by atoms with Crippen LogP contribution in [0.1, 0.15) is 18.2 Å². The molecule has 0 amide bonds. The number of hydrogen-bond donors (Lipinski definition) is 2. The van der Waals surface area contributed by atoms with Crippen molar-refractivity contribution in [1.29, 1.82) is 0 Å². The predicted molar refractivity (Wildman–Crippen MR) is 117 cm³/mol. The molecular weight excluding hydrogens is 437 g/mol. The summed E-state index contributed by atoms with van der Waals surface area (Å²) in [6, 6.07) is 4.82. The Labute approximate surface area is 188 Å². The normalized spacial score (nSPS) is 21.6. The highest BCUT2D eigenvalue weighted by Crippen LogP contribution is 2.43. The highest BCUT2D eigenvalue weighted by Gasteiger charge is 2.34. The predicted octanol–water partition coefficient (Wildman–Crippen LogP) is 3.86. The SMILES string of the molecule is COc1cc2c(c(-c3cnc4[nH]c(C(F)(F)F)cc4c3N)c1)C[C@@H](N1CCO[C@H](C)C1)CO2. The fraction of sp³-hybridized carbons (Fsp3) is 0.435. The van der Waals surface area contributed by atoms with Crippen LogP contribution in [0.25, 0.3) is 22.2 Å². The van der Waals surface area contributed by atoms with Gasteiger partial charge in [0, 0.05) is 47.9 Å². The molecule has 0 aliphatic carbocycles. The second-order valence-corrected chi connectivity index (χ2v) is 8.53. The standard InChI is InChI=1S/C23H25F3N4O3/c1-12-10-30(3-4-32-12)13-5-16-15(6-14(31-2)7-19(16)33-11-13)18-9-28-22-17(21(18)27)8-20(29-22)23(24,25)26/h6-9,12-13H,3-5,10-11H2,1-2H3,(H3,27,28,29)/t12-,13-/m1/s1. The van der Waals surface area contributed by atoms with Gasteiger partial charge >= 0.3 is 6.18 Å². The van der Waals surface area contributed by atoms with Crippen molar-refractivity contribution in [2.24, 2.45) is 0 Å². The number of aromatic amines is 1. The lowest BCUT2D eigenvalue weighted by atomic mass is 9.91. The molecule has 3 aromatic rings. The number of fused-ring (bicyclic) bond motifs is 2. The van der Waals surface area contributed by atoms with Gasteiger partial charge in [0.1, 0.15) is 29.4 Å². The van der Waals surface area contributed by atoms with Crippen molar-refractivity contribution in [1.82, 2.24) is 14.9 Å². The van der Waals surface area contributed by atoms with Crippen LogP contribution in [0.15, 0.2) is 24.4 Å². The molecule has 176 valence electrons. The van der Waals surface area contributed by atoms with Gasteiger partial charge in [0.2, 0.25) is 0 Å². The molecule has 2 atom stereocenters. The van der Waals surface area contributed by atoms with E-state index in [9.17, 15) is 13.2 Å². The van der Waals surface area contributed by atoms with Gasteiger partial charge in [-0.1, -0.05) is 0 Å². The molecule has 0 unspecified atom stereocenters. The van der Waals surface area contributed by atoms with Gasteiger partial charge in [0.25, 0.3) is 0 Å². The number of morpholine rings is 1. The first-order valence-electron chi connectivity index (χ1n) is 10.8. The number of nitrogens with zero attached hydrogens (tertiary/aromatic N) is 2. The second-order valence-electron chi connectivity index (χ2n) is 8.53. The summed E-state index contributed by atoms with van der Waals surface area (Å²) in [6.45, 7) is 4.88. The smallest absolute Gasteiger partial charge is 0.431 e. The lowest BCUT2D eigenvalue weighted by Crippen LogP contribution is -2.51. The molecule has 5 rings (SSSR count). The minimum Gasteiger partial charge on any atom is -0.497 e. The second kappa shape index (κ2) is 8.11. The molecule has 33 heavy (non-hydrogen) atoms. The molecule has 4 heterocycles. The summed E-state index contributed by atoms with van der Waals surface area (Å²) in [7, 11) is 1.55. The van der Waals surface area contributed by atoms with E-state index in [1.807, 2.05) is 19.1 Å². The molecule has 3 N–H and O–H groups in total. The number of rotatable bonds is 3. The van der Waals surface area contributed by atoms with Crippen LogP contribution in [-0.2, 0) is 17.3 Å². The summed E-state index contributed by atoms with van der Waals surface area (Å²) < 4.78 is 56.9. The van der Waals surface area contributed by atoms with Crippen LogP contribution in [0, 0.1) is 0 Å². The number of aromatic nitrogens is 2. The Morgan fingerprint density at radius 2 is 2.06 bits per heavy atom. The van der Waals surface area contributed by atoms with Crippen molar-refractivity contribution in [3.05, 3.63) is 35.7 Å². The summed E-state index contributed by atoms with van der Waals surface area (Å²) in [4.78, 5) is 8.90. The summed E-state index contributed by atoms with van der Waals surface area (Å²) >= 11 is 0. The molecule has 1 aromatic carbocycles. The summed E-state index contributed by atoms with van der Waals surface area (Å²) in [6.07, 6.45) is -2.16. The van der Waals surface area contributed by atoms with E-state index in [1.54, 1.807) is 7.11 Å². The third-order valence-corrected chi connectivity index (χ3v) is 6.37. The highest BCUT2D eigenvalue weighted by atomic mass is 19.4. The fourth-order valence-electron chi connectivity index (χ4n) is 4.67. The number of nitrogens with one attached hydrogen (secondary N) is 1. The molecule has 1 saturated heterocycles. The van der Waals surface area contributed by atoms with Crippen molar-refractivity contribution >= 4 is 16.7 Å². The monoisotopic (exact) mass is 462 g/mol. The van der Waals surface area contributed by atoms with Crippen molar-refractivity contribution in [2.75, 3.05) is 39.1 Å². The molecular formula is C23H25F3N4O3. The Morgan fingerprint density at radius 3 is 2.79 bits per heavy atom. The molecule has 2 aliphatic rings. The first-order valence-corrected chi connectivity index (χ1v) is 10.8. The van der Waals surface area contributed by atoms with Gasteiger partial charge < -0.3 is 24.9 Å². The van der Waals surface area contributed by atoms with E-state index in [4.69, 9.17) is 19.9 Å². The third-order valence-electron chi connectivity index (χ3n) is 6.37. The molecule has 0 spiro atoms. The van der Waals surface area contributed by atoms with E-state index in [0.717, 1.165) is 30.3 Å². The van der Waals surface area contributed by atoms with Crippen molar-refractivity contribution in [2.45, 2.75) is 31.7 Å². The van der Waals surface area contributed by atoms with Gasteiger partial charge in [0.15, 0.2) is 0 Å². The van der Waals surface area contributed by atoms with Crippen molar-refractivity contribution in [3.8, 4) is 22.6 Å². The lowest BCUT2D eigenvalue weighted by Gasteiger charge is -2.39. The van der Waals surface area contributed by atoms with Crippen LogP contribution in [0.2, 0.25) is 0 Å². The largest absolute Gasteiger partial charge is 0.497 e. The first-order chi connectivity index (χ1) is 15.7. The maximum Gasteiger partial charge on any atom is 0.431 e. The number of pyridine rings is 1. The zero-order valence-electron chi connectivity index (χ0n) is 18.3. The fourth-order valence-corrected chi connectivity index (χ4v) is 4.67. The maximum atomic E-state index is 13.2. The maximum absolute atomic E-state index is 13.2. The minimum absolute atomic E-state index is 0.0942. The van der Waals surface area contributed by atoms with Gasteiger partial charge in [-0.05, 0) is 31.0 Å². The minimum atomic E-state index is -4.52. The zero-order chi connectivity index (χ0) is 23.3. The molecule has 0 radical (unpaired) electrons. The summed E-state index contributed by atoms with van der Waals surface area (Å²) in [5, 5.41) is 0.228. The van der Waals surface area contributed by atoms with Crippen LogP contribution in [-0.4, -0.2) is 60.4 Å². The van der Waals surface area contributed by atoms with E-state index in [1.165, 1.54) is 6.20 Å². The topological polar surface area (TPSA) is 85.6 Å². The zero-order valence-corrected chi connectivity index (χ0v) is 18.3. The number of H-pyrrole nitrogens is 1. The number of ether oxygens (including phenoxy) is 3. The Balaban J connectivity index is 1.59. The van der Waals surface area contributed by atoms with Gasteiger partial charge in [-0.25, -0.2) is 4.98 Å². The average Bonchev–Trinajstić information content (AvgIpc) is 3.24. The quantitative estimate of drug-likeness (QED) is 0.615. The van der Waals surface area contributed by atoms with Crippen LogP contribution in [0.5, 0.6) is 11.5 Å². The molecule has 2 aromatic heterocycles. The number of hydrogen-bond acceptors (Lipinski definition) is 6. The van der Waals surface area contributed by atoms with Gasteiger partial charge in [-0.2, -0.15) is 13.2 Å². The molecule has 10 heteroatoms. The van der Waals surface area contributed by atoms with Crippen LogP contribution >= 0.6 is 0 Å². The van der Waals surface area contributed by atoms with Gasteiger partial charge in [0.05, 0.1) is 25.5 Å². The summed E-state index contributed by atoms with van der Waals surface area (Å²) in [5.74, 6) is 1.26. The number of anilines is 1. The number of nitrogen functional groups attached to an aromatic ring is 1. The molecule has 7 nitrogen and oxygen atoms in total. The molecule has 2 aliphatic heterocycles. The third kappa shape index (κ3) is 3.97. The van der Waals surface area contributed by atoms with E-state index in [0.29, 0.717) is 36.7 Å². The Kier molecular flexibility index (Phi) is 5.37. The van der Waals surface area contributed by atoms with Gasteiger partial charge in [-0.15, -0.1) is 0 Å². The average molecular weight is 462 g/mol. The molecule has 1 fully saturated rings. The number of benzene rings is 1. The number of methoxy groups -OCH3 is 1. The summed E-state index contributed by atoms with van der Waals surface area (Å²) in [5.41, 5.74) is 8.06. The molecule has 0 bridgehead atoms. The van der Waals surface area contributed by atoms with Crippen LogP contribution in [0.4, 0.5) is 18.9 Å². The Hall–Kier alpha value is -2.98. The Bertz CT molecular complexity index is 1190. The lowest BCUT2D eigenvalue weighted by molar-refractivity contribution is -0.140. The van der Waals surface area contributed by atoms with Crippen molar-refractivity contribution < 1.29 is 27.4 Å². The van der Waals surface area contributed by atoms with Gasteiger partial charge in [-0.3, -0.25) is 4.90 Å². The van der Waals surface area contributed by atoms with E-state index < -0.39 is 11.9 Å². The van der Waals surface area contributed by atoms with E-state index in [-0.39, 0.29) is 28.9 Å². The van der Waals surface area contributed by atoms with E-state index in [2.05, 4.69) is 14.9 Å². The van der Waals surface area contributed by atoms with E-state index >= 15 is 0 Å². The number of alkyl halides is 3. The first kappa shape index (κ1) is 21.8. The highest BCUT2D eigenvalue weighted by molar-refractivity contribution is 5.98. The van der Waals surface area contributed by atoms with Crippen LogP contribution in [0.3, 0.4) is 0 Å². The number of nitrogens with two attached hydrogens (primary N) is 1. The van der Waals surface area contributed by atoms with Crippen molar-refractivity contribution in [3.63, 3.8) is 0 Å².